The van der Waals surface area contributed by atoms with Crippen LogP contribution in [0.5, 0.6) is 5.75 Å². The highest BCUT2D eigenvalue weighted by atomic mass is 16.4. The van der Waals surface area contributed by atoms with Gasteiger partial charge < -0.3 is 15.5 Å². The largest absolute Gasteiger partial charge is 0.507 e. The maximum atomic E-state index is 10.9. The van der Waals surface area contributed by atoms with E-state index in [9.17, 15) is 9.90 Å². The highest BCUT2D eigenvalue weighted by molar-refractivity contribution is 5.97. The fraction of sp³-hybridized carbons (Fsp3) is 0.0952. The first-order valence-corrected chi connectivity index (χ1v) is 8.00. The van der Waals surface area contributed by atoms with Gasteiger partial charge in [-0.1, -0.05) is 48.0 Å². The Morgan fingerprint density at radius 2 is 1.68 bits per heavy atom. The van der Waals surface area contributed by atoms with E-state index in [1.165, 1.54) is 0 Å². The molecule has 0 aromatic heterocycles. The molecule has 3 aromatic rings. The van der Waals surface area contributed by atoms with Gasteiger partial charge in [0, 0.05) is 23.0 Å². The summed E-state index contributed by atoms with van der Waals surface area (Å²) < 4.78 is 0. The molecular formula is C21H19NO3. The van der Waals surface area contributed by atoms with Crippen molar-refractivity contribution in [2.75, 3.05) is 11.9 Å². The predicted octanol–water partition coefficient (Wildman–Crippen LogP) is 4.76. The van der Waals surface area contributed by atoms with E-state index in [2.05, 4.69) is 5.32 Å². The summed E-state index contributed by atoms with van der Waals surface area (Å²) in [7, 11) is 0. The molecule has 0 radical (unpaired) electrons. The zero-order valence-corrected chi connectivity index (χ0v) is 13.9. The van der Waals surface area contributed by atoms with Crippen LogP contribution < -0.4 is 5.32 Å². The Hall–Kier alpha value is -3.27. The van der Waals surface area contributed by atoms with Crippen molar-refractivity contribution >= 4 is 28.5 Å². The first kappa shape index (κ1) is 16.6. The van der Waals surface area contributed by atoms with E-state index < -0.39 is 5.97 Å². The van der Waals surface area contributed by atoms with Crippen molar-refractivity contribution in [2.45, 2.75) is 6.92 Å². The number of carboxylic acid groups (broad SMARTS) is 1. The minimum Gasteiger partial charge on any atom is -0.507 e. The molecule has 0 saturated carbocycles. The van der Waals surface area contributed by atoms with Crippen molar-refractivity contribution in [3.63, 3.8) is 0 Å². The molecule has 0 spiro atoms. The van der Waals surface area contributed by atoms with Crippen molar-refractivity contribution in [1.29, 1.82) is 0 Å². The molecule has 0 aliphatic carbocycles. The topological polar surface area (TPSA) is 69.6 Å². The number of benzene rings is 3. The number of aromatic hydroxyl groups is 1. The molecule has 0 saturated heterocycles. The highest BCUT2D eigenvalue weighted by Gasteiger charge is 2.04. The average Bonchev–Trinajstić information content (AvgIpc) is 2.61. The van der Waals surface area contributed by atoms with Gasteiger partial charge in [0.05, 0.1) is 5.56 Å². The van der Waals surface area contributed by atoms with Crippen molar-refractivity contribution in [3.8, 4) is 5.75 Å². The number of carbonyl (C=O) groups is 1. The van der Waals surface area contributed by atoms with Crippen LogP contribution in [-0.4, -0.2) is 22.7 Å². The lowest BCUT2D eigenvalue weighted by Gasteiger charge is -2.11. The van der Waals surface area contributed by atoms with Gasteiger partial charge in [-0.05, 0) is 36.8 Å². The van der Waals surface area contributed by atoms with Crippen LogP contribution in [0.1, 0.15) is 22.8 Å². The molecule has 25 heavy (non-hydrogen) atoms. The first-order valence-electron chi connectivity index (χ1n) is 8.00. The minimum atomic E-state index is -0.923. The second kappa shape index (κ2) is 7.09. The van der Waals surface area contributed by atoms with Gasteiger partial charge in [0.25, 0.3) is 0 Å². The van der Waals surface area contributed by atoms with E-state index in [0.29, 0.717) is 6.54 Å². The lowest BCUT2D eigenvalue weighted by Crippen LogP contribution is -2.03. The SMILES string of the molecule is CC(=Cc1ccc(C(=O)O)cc1)CNc1cccc2c(O)cccc12. The summed E-state index contributed by atoms with van der Waals surface area (Å²) in [5, 5.41) is 24.1. The van der Waals surface area contributed by atoms with Crippen LogP contribution in [-0.2, 0) is 0 Å². The third kappa shape index (κ3) is 3.80. The summed E-state index contributed by atoms with van der Waals surface area (Å²) in [5.41, 5.74) is 3.31. The van der Waals surface area contributed by atoms with E-state index in [4.69, 9.17) is 5.11 Å². The smallest absolute Gasteiger partial charge is 0.335 e. The van der Waals surface area contributed by atoms with Crippen LogP contribution in [0.4, 0.5) is 5.69 Å². The number of hydrogen-bond donors (Lipinski definition) is 3. The van der Waals surface area contributed by atoms with E-state index in [0.717, 1.165) is 27.6 Å². The minimum absolute atomic E-state index is 0.270. The standard InChI is InChI=1S/C21H19NO3/c1-14(12-15-8-10-16(11-9-15)21(24)25)13-22-19-6-2-5-18-17(19)4-3-7-20(18)23/h2-12,22-23H,13H2,1H3,(H,24,25). The third-order valence-electron chi connectivity index (χ3n) is 4.03. The summed E-state index contributed by atoms with van der Waals surface area (Å²) >= 11 is 0. The molecule has 126 valence electrons. The van der Waals surface area contributed by atoms with Gasteiger partial charge in [0.1, 0.15) is 5.75 Å². The molecule has 0 heterocycles. The number of fused-ring (bicyclic) bond motifs is 1. The monoisotopic (exact) mass is 333 g/mol. The van der Waals surface area contributed by atoms with Crippen molar-refractivity contribution < 1.29 is 15.0 Å². The summed E-state index contributed by atoms with van der Waals surface area (Å²) in [6.07, 6.45) is 2.02. The van der Waals surface area contributed by atoms with E-state index in [1.807, 2.05) is 43.3 Å². The molecular weight excluding hydrogens is 314 g/mol. The number of anilines is 1. The van der Waals surface area contributed by atoms with Gasteiger partial charge in [-0.2, -0.15) is 0 Å². The molecule has 3 aromatic carbocycles. The number of carboxylic acids is 1. The number of phenols is 1. The number of hydrogen-bond acceptors (Lipinski definition) is 3. The summed E-state index contributed by atoms with van der Waals surface area (Å²) in [6, 6.07) is 18.1. The Labute approximate surface area is 146 Å². The maximum Gasteiger partial charge on any atom is 0.335 e. The first-order chi connectivity index (χ1) is 12.0. The van der Waals surface area contributed by atoms with Crippen molar-refractivity contribution in [1.82, 2.24) is 0 Å². The predicted molar refractivity (Wildman–Crippen MR) is 101 cm³/mol. The van der Waals surface area contributed by atoms with Gasteiger partial charge in [-0.25, -0.2) is 4.79 Å². The Morgan fingerprint density at radius 3 is 2.40 bits per heavy atom. The number of aromatic carboxylic acids is 1. The molecule has 0 bridgehead atoms. The normalized spacial score (nSPS) is 11.5. The summed E-state index contributed by atoms with van der Waals surface area (Å²) in [6.45, 7) is 2.66. The summed E-state index contributed by atoms with van der Waals surface area (Å²) in [4.78, 5) is 10.9. The second-order valence-corrected chi connectivity index (χ2v) is 5.95. The van der Waals surface area contributed by atoms with Crippen molar-refractivity contribution in [2.24, 2.45) is 0 Å². The molecule has 0 aliphatic heterocycles. The Morgan fingerprint density at radius 1 is 1.00 bits per heavy atom. The second-order valence-electron chi connectivity index (χ2n) is 5.95. The van der Waals surface area contributed by atoms with Crippen LogP contribution in [0.3, 0.4) is 0 Å². The van der Waals surface area contributed by atoms with Gasteiger partial charge in [-0.3, -0.25) is 0 Å². The third-order valence-corrected chi connectivity index (χ3v) is 4.03. The Kier molecular flexibility index (Phi) is 4.70. The lowest BCUT2D eigenvalue weighted by atomic mass is 10.1. The van der Waals surface area contributed by atoms with Gasteiger partial charge in [0.2, 0.25) is 0 Å². The number of rotatable bonds is 5. The molecule has 4 heteroatoms. The molecule has 3 N–H and O–H groups in total. The molecule has 0 unspecified atom stereocenters. The van der Waals surface area contributed by atoms with Gasteiger partial charge in [0.15, 0.2) is 0 Å². The molecule has 3 rings (SSSR count). The fourth-order valence-electron chi connectivity index (χ4n) is 2.74. The van der Waals surface area contributed by atoms with E-state index in [-0.39, 0.29) is 11.3 Å². The summed E-state index contributed by atoms with van der Waals surface area (Å²) in [5.74, 6) is -0.653. The van der Waals surface area contributed by atoms with Gasteiger partial charge >= 0.3 is 5.97 Å². The Bertz CT molecular complexity index is 943. The van der Waals surface area contributed by atoms with E-state index in [1.54, 1.807) is 30.3 Å². The van der Waals surface area contributed by atoms with Crippen molar-refractivity contribution in [3.05, 3.63) is 77.4 Å². The number of nitrogens with one attached hydrogen (secondary N) is 1. The average molecular weight is 333 g/mol. The lowest BCUT2D eigenvalue weighted by molar-refractivity contribution is 0.0697. The molecule has 0 aliphatic rings. The zero-order valence-electron chi connectivity index (χ0n) is 13.9. The zero-order chi connectivity index (χ0) is 17.8. The fourth-order valence-corrected chi connectivity index (χ4v) is 2.74. The van der Waals surface area contributed by atoms with Crippen LogP contribution in [0.15, 0.2) is 66.2 Å². The van der Waals surface area contributed by atoms with Crippen LogP contribution in [0.2, 0.25) is 0 Å². The van der Waals surface area contributed by atoms with Gasteiger partial charge in [-0.15, -0.1) is 0 Å². The van der Waals surface area contributed by atoms with Crippen LogP contribution in [0.25, 0.3) is 16.8 Å². The van der Waals surface area contributed by atoms with E-state index >= 15 is 0 Å². The maximum absolute atomic E-state index is 10.9. The molecule has 0 amide bonds. The molecule has 0 atom stereocenters. The Balaban J connectivity index is 1.75. The number of phenolic OH excluding ortho intramolecular Hbond substituents is 1. The van der Waals surface area contributed by atoms with Crippen LogP contribution in [0, 0.1) is 0 Å². The molecule has 0 fully saturated rings. The quantitative estimate of drug-likeness (QED) is 0.630. The molecule has 4 nitrogen and oxygen atoms in total. The highest BCUT2D eigenvalue weighted by Crippen LogP contribution is 2.29. The van der Waals surface area contributed by atoms with Crippen LogP contribution >= 0.6 is 0 Å².